The summed E-state index contributed by atoms with van der Waals surface area (Å²) in [5, 5.41) is 3.37. The number of hydrogen-bond acceptors (Lipinski definition) is 2. The van der Waals surface area contributed by atoms with Crippen LogP contribution < -0.4 is 5.32 Å². The van der Waals surface area contributed by atoms with Gasteiger partial charge in [0.15, 0.2) is 0 Å². The first-order valence-electron chi connectivity index (χ1n) is 7.86. The Morgan fingerprint density at radius 2 is 1.85 bits per heavy atom. The molecule has 2 rings (SSSR count). The second-order valence-electron chi connectivity index (χ2n) is 5.53. The third kappa shape index (κ3) is 3.60. The minimum Gasteiger partial charge on any atom is -0.336 e. The summed E-state index contributed by atoms with van der Waals surface area (Å²) in [6, 6.07) is 8.49. The van der Waals surface area contributed by atoms with E-state index in [9.17, 15) is 4.79 Å². The van der Waals surface area contributed by atoms with Gasteiger partial charge in [-0.15, -0.1) is 0 Å². The zero-order valence-corrected chi connectivity index (χ0v) is 12.7. The molecule has 1 aromatic carbocycles. The van der Waals surface area contributed by atoms with Crippen molar-refractivity contribution in [3.8, 4) is 0 Å². The van der Waals surface area contributed by atoms with Gasteiger partial charge >= 0.3 is 0 Å². The topological polar surface area (TPSA) is 32.3 Å². The van der Waals surface area contributed by atoms with Gasteiger partial charge in [-0.05, 0) is 56.5 Å². The minimum absolute atomic E-state index is 0.196. The van der Waals surface area contributed by atoms with E-state index in [1.165, 1.54) is 5.56 Å². The molecular formula is C17H26N2O. The molecule has 1 aliphatic rings. The standard InChI is InChI=1S/C17H26N2O/c1-3-13-19(16-9-11-18-12-10-16)17(20)15-7-5-14(4-2)6-8-15/h5-8,16,18H,3-4,9-13H2,1-2H3. The highest BCUT2D eigenvalue weighted by Gasteiger charge is 2.25. The molecule has 0 spiro atoms. The normalized spacial score (nSPS) is 16.1. The van der Waals surface area contributed by atoms with E-state index in [1.54, 1.807) is 0 Å². The maximum atomic E-state index is 12.7. The molecule has 1 heterocycles. The molecule has 1 N–H and O–H groups in total. The Morgan fingerprint density at radius 1 is 1.20 bits per heavy atom. The Bertz CT molecular complexity index is 421. The number of hydrogen-bond donors (Lipinski definition) is 1. The quantitative estimate of drug-likeness (QED) is 0.895. The van der Waals surface area contributed by atoms with Gasteiger partial charge in [-0.1, -0.05) is 26.0 Å². The van der Waals surface area contributed by atoms with Gasteiger partial charge < -0.3 is 10.2 Å². The van der Waals surface area contributed by atoms with Crippen LogP contribution in [0.2, 0.25) is 0 Å². The molecular weight excluding hydrogens is 248 g/mol. The predicted molar refractivity (Wildman–Crippen MR) is 83.0 cm³/mol. The largest absolute Gasteiger partial charge is 0.336 e. The lowest BCUT2D eigenvalue weighted by molar-refractivity contribution is 0.0642. The van der Waals surface area contributed by atoms with Crippen LogP contribution in [0.25, 0.3) is 0 Å². The molecule has 3 nitrogen and oxygen atoms in total. The zero-order valence-electron chi connectivity index (χ0n) is 12.7. The van der Waals surface area contributed by atoms with Crippen LogP contribution in [0.4, 0.5) is 0 Å². The van der Waals surface area contributed by atoms with Crippen molar-refractivity contribution in [2.75, 3.05) is 19.6 Å². The number of aryl methyl sites for hydroxylation is 1. The van der Waals surface area contributed by atoms with Crippen molar-refractivity contribution < 1.29 is 4.79 Å². The number of carbonyl (C=O) groups excluding carboxylic acids is 1. The van der Waals surface area contributed by atoms with E-state index in [-0.39, 0.29) is 5.91 Å². The molecule has 1 amide bonds. The van der Waals surface area contributed by atoms with E-state index in [1.807, 2.05) is 12.1 Å². The highest BCUT2D eigenvalue weighted by Crippen LogP contribution is 2.17. The SMILES string of the molecule is CCCN(C(=O)c1ccc(CC)cc1)C1CCNCC1. The molecule has 0 aromatic heterocycles. The summed E-state index contributed by atoms with van der Waals surface area (Å²) in [7, 11) is 0. The van der Waals surface area contributed by atoms with Crippen molar-refractivity contribution in [3.63, 3.8) is 0 Å². The summed E-state index contributed by atoms with van der Waals surface area (Å²) in [4.78, 5) is 14.8. The molecule has 110 valence electrons. The molecule has 1 aliphatic heterocycles. The summed E-state index contributed by atoms with van der Waals surface area (Å²) in [5.74, 6) is 0.196. The van der Waals surface area contributed by atoms with E-state index < -0.39 is 0 Å². The lowest BCUT2D eigenvalue weighted by atomic mass is 10.0. The molecule has 20 heavy (non-hydrogen) atoms. The monoisotopic (exact) mass is 274 g/mol. The predicted octanol–water partition coefficient (Wildman–Crippen LogP) is 2.85. The third-order valence-corrected chi connectivity index (χ3v) is 4.08. The maximum Gasteiger partial charge on any atom is 0.254 e. The fourth-order valence-corrected chi connectivity index (χ4v) is 2.86. The van der Waals surface area contributed by atoms with Crippen molar-refractivity contribution in [2.45, 2.75) is 45.6 Å². The molecule has 1 saturated heterocycles. The van der Waals surface area contributed by atoms with E-state index in [0.717, 1.165) is 50.9 Å². The van der Waals surface area contributed by atoms with Gasteiger partial charge in [0.25, 0.3) is 5.91 Å². The van der Waals surface area contributed by atoms with Crippen molar-refractivity contribution in [1.82, 2.24) is 10.2 Å². The summed E-state index contributed by atoms with van der Waals surface area (Å²) in [6.45, 7) is 7.18. The molecule has 0 atom stereocenters. The van der Waals surface area contributed by atoms with Crippen LogP contribution in [0.15, 0.2) is 24.3 Å². The van der Waals surface area contributed by atoms with Crippen LogP contribution in [0, 0.1) is 0 Å². The van der Waals surface area contributed by atoms with Crippen LogP contribution in [0.1, 0.15) is 49.0 Å². The number of benzene rings is 1. The van der Waals surface area contributed by atoms with Gasteiger partial charge in [-0.2, -0.15) is 0 Å². The second kappa shape index (κ2) is 7.44. The van der Waals surface area contributed by atoms with Gasteiger partial charge in [0, 0.05) is 18.2 Å². The first-order valence-corrected chi connectivity index (χ1v) is 7.86. The number of amides is 1. The second-order valence-corrected chi connectivity index (χ2v) is 5.53. The highest BCUT2D eigenvalue weighted by molar-refractivity contribution is 5.94. The Labute approximate surface area is 122 Å². The fraction of sp³-hybridized carbons (Fsp3) is 0.588. The van der Waals surface area contributed by atoms with Crippen molar-refractivity contribution in [3.05, 3.63) is 35.4 Å². The van der Waals surface area contributed by atoms with Crippen LogP contribution in [0.3, 0.4) is 0 Å². The van der Waals surface area contributed by atoms with E-state index in [2.05, 4.69) is 36.2 Å². The average Bonchev–Trinajstić information content (AvgIpc) is 2.53. The van der Waals surface area contributed by atoms with Gasteiger partial charge in [-0.25, -0.2) is 0 Å². The van der Waals surface area contributed by atoms with E-state index >= 15 is 0 Å². The molecule has 0 bridgehead atoms. The molecule has 0 aliphatic carbocycles. The van der Waals surface area contributed by atoms with Crippen LogP contribution >= 0.6 is 0 Å². The first-order chi connectivity index (χ1) is 9.76. The molecule has 0 saturated carbocycles. The number of nitrogens with one attached hydrogen (secondary N) is 1. The van der Waals surface area contributed by atoms with Gasteiger partial charge in [0.2, 0.25) is 0 Å². The molecule has 3 heteroatoms. The Hall–Kier alpha value is -1.35. The minimum atomic E-state index is 0.196. The van der Waals surface area contributed by atoms with Crippen LogP contribution in [0.5, 0.6) is 0 Å². The van der Waals surface area contributed by atoms with Crippen molar-refractivity contribution >= 4 is 5.91 Å². The summed E-state index contributed by atoms with van der Waals surface area (Å²) >= 11 is 0. The average molecular weight is 274 g/mol. The van der Waals surface area contributed by atoms with Gasteiger partial charge in [0.05, 0.1) is 0 Å². The third-order valence-electron chi connectivity index (χ3n) is 4.08. The number of piperidine rings is 1. The molecule has 0 unspecified atom stereocenters. The molecule has 1 aromatic rings. The molecule has 1 fully saturated rings. The summed E-state index contributed by atoms with van der Waals surface area (Å²) in [5.41, 5.74) is 2.11. The number of carbonyl (C=O) groups is 1. The lowest BCUT2D eigenvalue weighted by Gasteiger charge is -2.34. The van der Waals surface area contributed by atoms with Crippen LogP contribution in [-0.4, -0.2) is 36.5 Å². The van der Waals surface area contributed by atoms with E-state index in [4.69, 9.17) is 0 Å². The summed E-state index contributed by atoms with van der Waals surface area (Å²) < 4.78 is 0. The first kappa shape index (κ1) is 15.0. The van der Waals surface area contributed by atoms with Gasteiger partial charge in [-0.3, -0.25) is 4.79 Å². The number of rotatable bonds is 5. The van der Waals surface area contributed by atoms with Gasteiger partial charge in [0.1, 0.15) is 0 Å². The smallest absolute Gasteiger partial charge is 0.254 e. The lowest BCUT2D eigenvalue weighted by Crippen LogP contribution is -2.46. The Balaban J connectivity index is 2.12. The van der Waals surface area contributed by atoms with Crippen molar-refractivity contribution in [2.24, 2.45) is 0 Å². The maximum absolute atomic E-state index is 12.7. The fourth-order valence-electron chi connectivity index (χ4n) is 2.86. The molecule has 0 radical (unpaired) electrons. The number of nitrogens with zero attached hydrogens (tertiary/aromatic N) is 1. The Morgan fingerprint density at radius 3 is 2.40 bits per heavy atom. The van der Waals surface area contributed by atoms with Crippen molar-refractivity contribution in [1.29, 1.82) is 0 Å². The zero-order chi connectivity index (χ0) is 14.4. The van der Waals surface area contributed by atoms with E-state index in [0.29, 0.717) is 6.04 Å². The highest BCUT2D eigenvalue weighted by atomic mass is 16.2. The van der Waals surface area contributed by atoms with Crippen LogP contribution in [-0.2, 0) is 6.42 Å². The Kier molecular flexibility index (Phi) is 5.60. The summed E-state index contributed by atoms with van der Waals surface area (Å²) in [6.07, 6.45) is 4.17.